The quantitative estimate of drug-likeness (QED) is 0.137. The Hall–Kier alpha value is -2.90. The summed E-state index contributed by atoms with van der Waals surface area (Å²) in [4.78, 5) is 26.6. The molecular weight excluding hydrogens is 541 g/mol. The van der Waals surface area contributed by atoms with Crippen LogP contribution in [0.1, 0.15) is 33.3 Å². The highest BCUT2D eigenvalue weighted by Gasteiger charge is 2.16. The molecular formula is C21H32IN7O4. The number of ether oxygens (including phenoxy) is 1. The molecule has 0 aliphatic rings. The minimum absolute atomic E-state index is 0. The number of nitro groups is 1. The summed E-state index contributed by atoms with van der Waals surface area (Å²) in [5, 5.41) is 23.7. The van der Waals surface area contributed by atoms with E-state index in [0.717, 1.165) is 12.0 Å². The molecule has 1 aromatic heterocycles. The summed E-state index contributed by atoms with van der Waals surface area (Å²) in [6.07, 6.45) is 2.87. The molecule has 182 valence electrons. The number of amides is 1. The van der Waals surface area contributed by atoms with E-state index in [1.807, 2.05) is 52.0 Å². The number of nitrogens with zero attached hydrogens (tertiary/aromatic N) is 4. The summed E-state index contributed by atoms with van der Waals surface area (Å²) in [5.74, 6) is 0.664. The molecule has 0 radical (unpaired) electrons. The van der Waals surface area contributed by atoms with Gasteiger partial charge >= 0.3 is 11.8 Å². The molecule has 0 spiro atoms. The summed E-state index contributed by atoms with van der Waals surface area (Å²) >= 11 is 0. The van der Waals surface area contributed by atoms with Gasteiger partial charge in [0.25, 0.3) is 0 Å². The van der Waals surface area contributed by atoms with Crippen LogP contribution in [0.3, 0.4) is 0 Å². The highest BCUT2D eigenvalue weighted by atomic mass is 127. The van der Waals surface area contributed by atoms with Gasteiger partial charge in [0, 0.05) is 25.3 Å². The number of hydrogen-bond acceptors (Lipinski definition) is 6. The van der Waals surface area contributed by atoms with Crippen molar-refractivity contribution in [2.45, 2.75) is 46.3 Å². The maximum atomic E-state index is 11.8. The minimum atomic E-state index is -0.545. The number of guanidine groups is 1. The van der Waals surface area contributed by atoms with E-state index in [1.165, 1.54) is 17.1 Å². The number of aliphatic imine (C=N–C) groups is 1. The lowest BCUT2D eigenvalue weighted by molar-refractivity contribution is -0.385. The summed E-state index contributed by atoms with van der Waals surface area (Å²) in [6.45, 7) is 9.71. The zero-order valence-corrected chi connectivity index (χ0v) is 21.7. The lowest BCUT2D eigenvalue weighted by atomic mass is 10.1. The second-order valence-corrected chi connectivity index (χ2v) is 7.98. The first kappa shape index (κ1) is 28.1. The Morgan fingerprint density at radius 1 is 1.24 bits per heavy atom. The second kappa shape index (κ2) is 13.6. The Morgan fingerprint density at radius 2 is 1.94 bits per heavy atom. The molecule has 1 aromatic carbocycles. The topological polar surface area (TPSA) is 136 Å². The summed E-state index contributed by atoms with van der Waals surface area (Å²) in [6, 6.07) is 7.53. The smallest absolute Gasteiger partial charge is 0.412 e. The van der Waals surface area contributed by atoms with Gasteiger partial charge in [-0.3, -0.25) is 25.1 Å². The molecule has 11 nitrogen and oxygen atoms in total. The van der Waals surface area contributed by atoms with E-state index in [0.29, 0.717) is 37.8 Å². The summed E-state index contributed by atoms with van der Waals surface area (Å²) < 4.78 is 6.76. The zero-order chi connectivity index (χ0) is 23.6. The van der Waals surface area contributed by atoms with Crippen molar-refractivity contribution in [3.05, 3.63) is 52.3 Å². The first-order chi connectivity index (χ1) is 15.2. The third kappa shape index (κ3) is 11.0. The number of carbonyl (C=O) groups excluding carboxylic acids is 1. The molecule has 3 N–H and O–H groups in total. The zero-order valence-electron chi connectivity index (χ0n) is 19.3. The van der Waals surface area contributed by atoms with Gasteiger partial charge in [-0.15, -0.1) is 24.0 Å². The fourth-order valence-electron chi connectivity index (χ4n) is 2.67. The van der Waals surface area contributed by atoms with Crippen LogP contribution in [0.4, 0.5) is 16.2 Å². The van der Waals surface area contributed by atoms with Crippen LogP contribution in [0.15, 0.2) is 41.7 Å². The van der Waals surface area contributed by atoms with E-state index < -0.39 is 16.6 Å². The van der Waals surface area contributed by atoms with Crippen LogP contribution in [-0.2, 0) is 17.7 Å². The molecule has 0 saturated carbocycles. The van der Waals surface area contributed by atoms with Gasteiger partial charge in [0.1, 0.15) is 18.0 Å². The fourth-order valence-corrected chi connectivity index (χ4v) is 2.67. The highest BCUT2D eigenvalue weighted by molar-refractivity contribution is 14.0. The number of benzene rings is 1. The van der Waals surface area contributed by atoms with Crippen LogP contribution in [-0.4, -0.2) is 52.0 Å². The average molecular weight is 573 g/mol. The minimum Gasteiger partial charge on any atom is -0.444 e. The van der Waals surface area contributed by atoms with Gasteiger partial charge < -0.3 is 15.4 Å². The highest BCUT2D eigenvalue weighted by Crippen LogP contribution is 2.13. The molecule has 0 bridgehead atoms. The third-order valence-corrected chi connectivity index (χ3v) is 4.08. The lowest BCUT2D eigenvalue weighted by Crippen LogP contribution is -2.39. The number of anilines is 1. The van der Waals surface area contributed by atoms with Crippen molar-refractivity contribution in [1.29, 1.82) is 0 Å². The molecule has 0 unspecified atom stereocenters. The fraction of sp³-hybridized carbons (Fsp3) is 0.476. The van der Waals surface area contributed by atoms with Crippen molar-refractivity contribution < 1.29 is 14.5 Å². The number of halogens is 1. The van der Waals surface area contributed by atoms with Crippen LogP contribution in [0, 0.1) is 10.1 Å². The number of aromatic nitrogens is 2. The van der Waals surface area contributed by atoms with E-state index in [2.05, 4.69) is 26.0 Å². The van der Waals surface area contributed by atoms with Gasteiger partial charge in [-0.1, -0.05) is 12.1 Å². The Labute approximate surface area is 210 Å². The average Bonchev–Trinajstić information content (AvgIpc) is 3.17. The van der Waals surface area contributed by atoms with Crippen molar-refractivity contribution in [3.63, 3.8) is 0 Å². The maximum absolute atomic E-state index is 11.8. The standard InChI is InChI=1S/C21H31N7O4.HI/c1-5-22-19(24-12-13-27-15-18(14-25-27)28(30)31)23-11-10-16-6-8-17(9-7-16)26-20(29)32-21(2,3)4;/h6-9,14-15H,5,10-13H2,1-4H3,(H,26,29)(H2,22,23,24);1H. The monoisotopic (exact) mass is 573 g/mol. The van der Waals surface area contributed by atoms with Crippen molar-refractivity contribution in [2.24, 2.45) is 4.99 Å². The van der Waals surface area contributed by atoms with E-state index >= 15 is 0 Å². The van der Waals surface area contributed by atoms with Crippen LogP contribution in [0.25, 0.3) is 0 Å². The largest absolute Gasteiger partial charge is 0.444 e. The van der Waals surface area contributed by atoms with Gasteiger partial charge in [-0.2, -0.15) is 5.10 Å². The normalized spacial score (nSPS) is 11.3. The number of rotatable bonds is 9. The van der Waals surface area contributed by atoms with E-state index in [9.17, 15) is 14.9 Å². The van der Waals surface area contributed by atoms with Crippen LogP contribution >= 0.6 is 24.0 Å². The lowest BCUT2D eigenvalue weighted by Gasteiger charge is -2.19. The van der Waals surface area contributed by atoms with Gasteiger partial charge in [-0.05, 0) is 51.8 Å². The van der Waals surface area contributed by atoms with Gasteiger partial charge in [0.2, 0.25) is 0 Å². The third-order valence-electron chi connectivity index (χ3n) is 4.08. The number of carbonyl (C=O) groups is 1. The maximum Gasteiger partial charge on any atom is 0.412 e. The Bertz CT molecular complexity index is 923. The van der Waals surface area contributed by atoms with Crippen LogP contribution in [0.2, 0.25) is 0 Å². The molecule has 0 atom stereocenters. The molecule has 0 aliphatic carbocycles. The molecule has 0 saturated heterocycles. The summed E-state index contributed by atoms with van der Waals surface area (Å²) in [7, 11) is 0. The van der Waals surface area contributed by atoms with Crippen molar-refractivity contribution >= 4 is 47.4 Å². The van der Waals surface area contributed by atoms with Crippen molar-refractivity contribution in [2.75, 3.05) is 25.0 Å². The van der Waals surface area contributed by atoms with Crippen LogP contribution < -0.4 is 16.0 Å². The van der Waals surface area contributed by atoms with Crippen LogP contribution in [0.5, 0.6) is 0 Å². The molecule has 33 heavy (non-hydrogen) atoms. The molecule has 12 heteroatoms. The first-order valence-corrected chi connectivity index (χ1v) is 10.4. The van der Waals surface area contributed by atoms with E-state index in [-0.39, 0.29) is 29.7 Å². The molecule has 1 amide bonds. The number of nitrogens with one attached hydrogen (secondary N) is 3. The molecule has 0 aliphatic heterocycles. The first-order valence-electron chi connectivity index (χ1n) is 10.4. The van der Waals surface area contributed by atoms with Gasteiger partial charge in [-0.25, -0.2) is 4.79 Å². The van der Waals surface area contributed by atoms with Gasteiger partial charge in [0.15, 0.2) is 5.96 Å². The summed E-state index contributed by atoms with van der Waals surface area (Å²) in [5.41, 5.74) is 1.18. The van der Waals surface area contributed by atoms with Crippen molar-refractivity contribution in [1.82, 2.24) is 20.4 Å². The molecule has 1 heterocycles. The molecule has 0 fully saturated rings. The predicted molar refractivity (Wildman–Crippen MR) is 138 cm³/mol. The van der Waals surface area contributed by atoms with Gasteiger partial charge in [0.05, 0.1) is 11.5 Å². The second-order valence-electron chi connectivity index (χ2n) is 7.98. The Kier molecular flexibility index (Phi) is 11.6. The van der Waals surface area contributed by atoms with Crippen molar-refractivity contribution in [3.8, 4) is 0 Å². The van der Waals surface area contributed by atoms with E-state index in [4.69, 9.17) is 4.74 Å². The number of hydrogen-bond donors (Lipinski definition) is 3. The Balaban J connectivity index is 0.00000544. The predicted octanol–water partition coefficient (Wildman–Crippen LogP) is 3.55. The molecule has 2 rings (SSSR count). The Morgan fingerprint density at radius 3 is 2.52 bits per heavy atom. The SMILES string of the molecule is CCNC(=NCCc1ccc(NC(=O)OC(C)(C)C)cc1)NCCn1cc([N+](=O)[O-])cn1.I. The van der Waals surface area contributed by atoms with E-state index in [1.54, 1.807) is 0 Å². The molecule has 2 aromatic rings.